The van der Waals surface area contributed by atoms with E-state index in [2.05, 4.69) is 20.6 Å². The summed E-state index contributed by atoms with van der Waals surface area (Å²) in [5.74, 6) is 1.10. The summed E-state index contributed by atoms with van der Waals surface area (Å²) in [7, 11) is 0. The van der Waals surface area contributed by atoms with E-state index in [1.807, 2.05) is 0 Å². The molecule has 1 aromatic carbocycles. The molecule has 0 saturated heterocycles. The Labute approximate surface area is 163 Å². The van der Waals surface area contributed by atoms with Gasteiger partial charge in [-0.2, -0.15) is 18.2 Å². The normalized spacial score (nSPS) is 11.1. The standard InChI is InChI=1S/C18H15F3N4O2S/c1-11-7-8-13(26-11)10-22-17(28)25-16-23-14(18(19,20)21)9-15(24-16)27-12-5-3-2-4-6-12/h2-9H,10H2,1H3,(H2,22,23,24,25,28). The smallest absolute Gasteiger partial charge is 0.433 e. The lowest BCUT2D eigenvalue weighted by atomic mass is 10.3. The number of nitrogens with one attached hydrogen (secondary N) is 2. The van der Waals surface area contributed by atoms with Crippen LogP contribution >= 0.6 is 12.2 Å². The molecule has 3 aromatic rings. The highest BCUT2D eigenvalue weighted by Crippen LogP contribution is 2.31. The fourth-order valence-corrected chi connectivity index (χ4v) is 2.34. The van der Waals surface area contributed by atoms with Gasteiger partial charge in [-0.3, -0.25) is 0 Å². The summed E-state index contributed by atoms with van der Waals surface area (Å²) in [6, 6.07) is 12.6. The van der Waals surface area contributed by atoms with Crippen LogP contribution in [-0.4, -0.2) is 15.1 Å². The van der Waals surface area contributed by atoms with E-state index in [9.17, 15) is 13.2 Å². The third kappa shape index (κ3) is 5.43. The fraction of sp³-hybridized carbons (Fsp3) is 0.167. The summed E-state index contributed by atoms with van der Waals surface area (Å²) in [5, 5.41) is 5.39. The lowest BCUT2D eigenvalue weighted by Gasteiger charge is -2.13. The van der Waals surface area contributed by atoms with Crippen molar-refractivity contribution >= 4 is 23.3 Å². The minimum absolute atomic E-state index is 0.0408. The number of alkyl halides is 3. The molecule has 10 heteroatoms. The van der Waals surface area contributed by atoms with Crippen molar-refractivity contribution < 1.29 is 22.3 Å². The van der Waals surface area contributed by atoms with Gasteiger partial charge in [0.1, 0.15) is 17.3 Å². The molecule has 0 aliphatic carbocycles. The Kier molecular flexibility index (Phi) is 5.78. The molecule has 0 aliphatic rings. The van der Waals surface area contributed by atoms with Crippen LogP contribution < -0.4 is 15.4 Å². The second kappa shape index (κ2) is 8.26. The zero-order valence-corrected chi connectivity index (χ0v) is 15.4. The van der Waals surface area contributed by atoms with Gasteiger partial charge in [-0.15, -0.1) is 0 Å². The van der Waals surface area contributed by atoms with Crippen LogP contribution in [0.1, 0.15) is 17.2 Å². The Morgan fingerprint density at radius 1 is 1.14 bits per heavy atom. The monoisotopic (exact) mass is 408 g/mol. The van der Waals surface area contributed by atoms with Crippen LogP contribution in [0.15, 0.2) is 52.9 Å². The van der Waals surface area contributed by atoms with E-state index in [-0.39, 0.29) is 23.5 Å². The van der Waals surface area contributed by atoms with Crippen LogP contribution in [0.2, 0.25) is 0 Å². The number of rotatable bonds is 5. The molecule has 0 amide bonds. The molecule has 0 spiro atoms. The molecule has 28 heavy (non-hydrogen) atoms. The van der Waals surface area contributed by atoms with Crippen molar-refractivity contribution in [2.45, 2.75) is 19.6 Å². The Morgan fingerprint density at radius 3 is 2.54 bits per heavy atom. The number of aryl methyl sites for hydroxylation is 1. The topological polar surface area (TPSA) is 72.2 Å². The van der Waals surface area contributed by atoms with Gasteiger partial charge in [-0.05, 0) is 43.4 Å². The quantitative estimate of drug-likeness (QED) is 0.594. The Morgan fingerprint density at radius 2 is 1.89 bits per heavy atom. The van der Waals surface area contributed by atoms with Gasteiger partial charge in [-0.1, -0.05) is 18.2 Å². The molecule has 2 aromatic heterocycles. The highest BCUT2D eigenvalue weighted by Gasteiger charge is 2.34. The van der Waals surface area contributed by atoms with Crippen molar-refractivity contribution in [1.29, 1.82) is 0 Å². The number of hydrogen-bond donors (Lipinski definition) is 2. The predicted molar refractivity (Wildman–Crippen MR) is 100 cm³/mol. The van der Waals surface area contributed by atoms with Crippen molar-refractivity contribution in [2.75, 3.05) is 5.32 Å². The minimum atomic E-state index is -4.67. The van der Waals surface area contributed by atoms with E-state index in [0.29, 0.717) is 11.5 Å². The van der Waals surface area contributed by atoms with Gasteiger partial charge in [-0.25, -0.2) is 4.98 Å². The van der Waals surface area contributed by atoms with E-state index < -0.39 is 11.9 Å². The van der Waals surface area contributed by atoms with Crippen molar-refractivity contribution in [3.63, 3.8) is 0 Å². The summed E-state index contributed by atoms with van der Waals surface area (Å²) < 4.78 is 50.3. The van der Waals surface area contributed by atoms with E-state index >= 15 is 0 Å². The first-order valence-electron chi connectivity index (χ1n) is 8.09. The number of benzene rings is 1. The van der Waals surface area contributed by atoms with Crippen molar-refractivity contribution in [3.05, 3.63) is 65.7 Å². The molecule has 2 heterocycles. The van der Waals surface area contributed by atoms with Gasteiger partial charge >= 0.3 is 6.18 Å². The van der Waals surface area contributed by atoms with Crippen LogP contribution in [0, 0.1) is 6.92 Å². The highest BCUT2D eigenvalue weighted by atomic mass is 32.1. The molecule has 0 bridgehead atoms. The van der Waals surface area contributed by atoms with Crippen LogP contribution in [0.25, 0.3) is 0 Å². The highest BCUT2D eigenvalue weighted by molar-refractivity contribution is 7.80. The summed E-state index contributed by atoms with van der Waals surface area (Å²) >= 11 is 5.09. The van der Waals surface area contributed by atoms with Gasteiger partial charge < -0.3 is 19.8 Å². The average Bonchev–Trinajstić information content (AvgIpc) is 3.05. The summed E-state index contributed by atoms with van der Waals surface area (Å²) in [4.78, 5) is 7.41. The molecular weight excluding hydrogens is 393 g/mol. The molecule has 6 nitrogen and oxygen atoms in total. The predicted octanol–water partition coefficient (Wildman–Crippen LogP) is 4.68. The van der Waals surface area contributed by atoms with Gasteiger partial charge in [0.2, 0.25) is 11.8 Å². The average molecular weight is 408 g/mol. The van der Waals surface area contributed by atoms with Crippen LogP contribution in [0.4, 0.5) is 19.1 Å². The van der Waals surface area contributed by atoms with Crippen LogP contribution in [0.5, 0.6) is 11.6 Å². The number of halogens is 3. The zero-order chi connectivity index (χ0) is 20.1. The maximum atomic E-state index is 13.2. The van der Waals surface area contributed by atoms with E-state index in [1.54, 1.807) is 49.4 Å². The van der Waals surface area contributed by atoms with Crippen molar-refractivity contribution in [1.82, 2.24) is 15.3 Å². The molecule has 0 radical (unpaired) electrons. The van der Waals surface area contributed by atoms with Crippen molar-refractivity contribution in [2.24, 2.45) is 0 Å². The lowest BCUT2D eigenvalue weighted by molar-refractivity contribution is -0.141. The number of nitrogens with zero attached hydrogens (tertiary/aromatic N) is 2. The second-order valence-corrected chi connectivity index (χ2v) is 6.06. The number of furan rings is 1. The fourth-order valence-electron chi connectivity index (χ4n) is 2.18. The van der Waals surface area contributed by atoms with E-state index in [1.165, 1.54) is 0 Å². The molecule has 0 unspecified atom stereocenters. The lowest BCUT2D eigenvalue weighted by Crippen LogP contribution is -2.29. The molecule has 2 N–H and O–H groups in total. The Balaban J connectivity index is 1.75. The number of anilines is 1. The van der Waals surface area contributed by atoms with Crippen LogP contribution in [-0.2, 0) is 12.7 Å². The summed E-state index contributed by atoms with van der Waals surface area (Å²) in [5.41, 5.74) is -1.15. The number of hydrogen-bond acceptors (Lipinski definition) is 5. The van der Waals surface area contributed by atoms with Crippen molar-refractivity contribution in [3.8, 4) is 11.6 Å². The molecule has 146 valence electrons. The molecule has 3 rings (SSSR count). The SMILES string of the molecule is Cc1ccc(CNC(=S)Nc2nc(Oc3ccccc3)cc(C(F)(F)F)n2)o1. The third-order valence-electron chi connectivity index (χ3n) is 3.40. The van der Waals surface area contributed by atoms with Gasteiger partial charge in [0.25, 0.3) is 0 Å². The summed E-state index contributed by atoms with van der Waals surface area (Å²) in [6.07, 6.45) is -4.67. The van der Waals surface area contributed by atoms with E-state index in [4.69, 9.17) is 21.4 Å². The zero-order valence-electron chi connectivity index (χ0n) is 14.6. The van der Waals surface area contributed by atoms with Gasteiger partial charge in [0.15, 0.2) is 10.8 Å². The van der Waals surface area contributed by atoms with Gasteiger partial charge in [0.05, 0.1) is 6.54 Å². The summed E-state index contributed by atoms with van der Waals surface area (Å²) in [6.45, 7) is 2.05. The van der Waals surface area contributed by atoms with Crippen LogP contribution in [0.3, 0.4) is 0 Å². The molecule has 0 aliphatic heterocycles. The Hall–Kier alpha value is -3.14. The first-order chi connectivity index (χ1) is 13.3. The Bertz CT molecular complexity index is 961. The minimum Gasteiger partial charge on any atom is -0.465 e. The maximum Gasteiger partial charge on any atom is 0.433 e. The number of thiocarbonyl (C=S) groups is 1. The number of aromatic nitrogens is 2. The number of para-hydroxylation sites is 1. The molecular formula is C18H15F3N4O2S. The maximum absolute atomic E-state index is 13.2. The number of ether oxygens (including phenoxy) is 1. The molecule has 0 fully saturated rings. The first-order valence-corrected chi connectivity index (χ1v) is 8.50. The second-order valence-electron chi connectivity index (χ2n) is 5.65. The van der Waals surface area contributed by atoms with E-state index in [0.717, 1.165) is 11.8 Å². The molecule has 0 atom stereocenters. The third-order valence-corrected chi connectivity index (χ3v) is 3.65. The van der Waals surface area contributed by atoms with Gasteiger partial charge in [0, 0.05) is 6.07 Å². The first kappa shape index (κ1) is 19.6. The largest absolute Gasteiger partial charge is 0.465 e. The molecule has 0 saturated carbocycles.